The number of benzene rings is 1. The Morgan fingerprint density at radius 1 is 1.20 bits per heavy atom. The third kappa shape index (κ3) is 2.39. The number of hydrogen-bond acceptors (Lipinski definition) is 2. The standard InChI is InChI=1S/C13H20N2/c1-3-15-10-9-14(2)13(11-15)12-7-5-4-6-8-12/h4-8,13H,3,9-11H2,1-2H3. The lowest BCUT2D eigenvalue weighted by Crippen LogP contribution is -2.46. The van der Waals surface area contributed by atoms with Crippen LogP contribution in [0.1, 0.15) is 18.5 Å². The van der Waals surface area contributed by atoms with Gasteiger partial charge in [-0.05, 0) is 19.2 Å². The van der Waals surface area contributed by atoms with Crippen LogP contribution < -0.4 is 0 Å². The maximum absolute atomic E-state index is 2.53. The van der Waals surface area contributed by atoms with Crippen LogP contribution in [0.3, 0.4) is 0 Å². The van der Waals surface area contributed by atoms with Gasteiger partial charge in [-0.3, -0.25) is 4.90 Å². The molecule has 0 spiro atoms. The van der Waals surface area contributed by atoms with E-state index in [1.54, 1.807) is 0 Å². The van der Waals surface area contributed by atoms with Crippen molar-refractivity contribution in [2.45, 2.75) is 13.0 Å². The molecule has 15 heavy (non-hydrogen) atoms. The molecule has 1 heterocycles. The zero-order chi connectivity index (χ0) is 10.7. The van der Waals surface area contributed by atoms with Gasteiger partial charge in [0.15, 0.2) is 0 Å². The van der Waals surface area contributed by atoms with Crippen molar-refractivity contribution in [2.24, 2.45) is 0 Å². The normalized spacial score (nSPS) is 24.3. The first-order valence-electron chi connectivity index (χ1n) is 5.79. The molecule has 1 fully saturated rings. The van der Waals surface area contributed by atoms with Crippen molar-refractivity contribution < 1.29 is 0 Å². The first-order chi connectivity index (χ1) is 7.31. The smallest absolute Gasteiger partial charge is 0.0472 e. The lowest BCUT2D eigenvalue weighted by Gasteiger charge is -2.39. The predicted molar refractivity (Wildman–Crippen MR) is 63.9 cm³/mol. The summed E-state index contributed by atoms with van der Waals surface area (Å²) in [5, 5.41) is 0. The van der Waals surface area contributed by atoms with Gasteiger partial charge in [0.1, 0.15) is 0 Å². The predicted octanol–water partition coefficient (Wildman–Crippen LogP) is 2.00. The Morgan fingerprint density at radius 3 is 2.60 bits per heavy atom. The molecular formula is C13H20N2. The van der Waals surface area contributed by atoms with E-state index in [0.717, 1.165) is 13.1 Å². The third-order valence-electron chi connectivity index (χ3n) is 3.36. The molecule has 0 aromatic heterocycles. The molecule has 2 heteroatoms. The summed E-state index contributed by atoms with van der Waals surface area (Å²) in [6.45, 7) is 6.95. The molecule has 82 valence electrons. The maximum Gasteiger partial charge on any atom is 0.0472 e. The van der Waals surface area contributed by atoms with E-state index in [9.17, 15) is 0 Å². The molecule has 1 saturated heterocycles. The summed E-state index contributed by atoms with van der Waals surface area (Å²) >= 11 is 0. The van der Waals surface area contributed by atoms with Gasteiger partial charge in [-0.25, -0.2) is 0 Å². The second-order valence-electron chi connectivity index (χ2n) is 4.30. The zero-order valence-corrected chi connectivity index (χ0v) is 9.69. The molecule has 0 amide bonds. The van der Waals surface area contributed by atoms with E-state index in [-0.39, 0.29) is 0 Å². The average Bonchev–Trinajstić information content (AvgIpc) is 2.31. The number of piperazine rings is 1. The highest BCUT2D eigenvalue weighted by atomic mass is 15.3. The lowest BCUT2D eigenvalue weighted by molar-refractivity contribution is 0.0998. The molecule has 1 aliphatic rings. The van der Waals surface area contributed by atoms with Crippen LogP contribution in [0, 0.1) is 0 Å². The van der Waals surface area contributed by atoms with Crippen LogP contribution in [0.2, 0.25) is 0 Å². The van der Waals surface area contributed by atoms with E-state index in [2.05, 4.69) is 54.1 Å². The maximum atomic E-state index is 2.53. The Labute approximate surface area is 92.5 Å². The SMILES string of the molecule is CCN1CCN(C)C(c2ccccc2)C1. The number of likely N-dealkylation sites (N-methyl/N-ethyl adjacent to an activating group) is 2. The fourth-order valence-electron chi connectivity index (χ4n) is 2.25. The van der Waals surface area contributed by atoms with Crippen LogP contribution >= 0.6 is 0 Å². The van der Waals surface area contributed by atoms with E-state index in [0.29, 0.717) is 6.04 Å². The van der Waals surface area contributed by atoms with Gasteiger partial charge in [-0.2, -0.15) is 0 Å². The van der Waals surface area contributed by atoms with Crippen LogP contribution in [0.15, 0.2) is 30.3 Å². The summed E-state index contributed by atoms with van der Waals surface area (Å²) in [6, 6.07) is 11.4. The minimum Gasteiger partial charge on any atom is -0.300 e. The summed E-state index contributed by atoms with van der Waals surface area (Å²) in [7, 11) is 2.23. The summed E-state index contributed by atoms with van der Waals surface area (Å²) in [5.74, 6) is 0. The average molecular weight is 204 g/mol. The summed E-state index contributed by atoms with van der Waals surface area (Å²) in [4.78, 5) is 4.99. The highest BCUT2D eigenvalue weighted by molar-refractivity contribution is 5.19. The molecule has 2 nitrogen and oxygen atoms in total. The van der Waals surface area contributed by atoms with Crippen LogP contribution in [0.4, 0.5) is 0 Å². The van der Waals surface area contributed by atoms with Crippen molar-refractivity contribution in [1.82, 2.24) is 9.80 Å². The highest BCUT2D eigenvalue weighted by Crippen LogP contribution is 2.23. The minimum atomic E-state index is 0.569. The van der Waals surface area contributed by atoms with Gasteiger partial charge in [0.25, 0.3) is 0 Å². The topological polar surface area (TPSA) is 6.48 Å². The fraction of sp³-hybridized carbons (Fsp3) is 0.538. The molecular weight excluding hydrogens is 184 g/mol. The zero-order valence-electron chi connectivity index (χ0n) is 9.69. The van der Waals surface area contributed by atoms with Crippen LogP contribution in [-0.4, -0.2) is 43.0 Å². The van der Waals surface area contributed by atoms with Crippen molar-refractivity contribution in [2.75, 3.05) is 33.2 Å². The number of nitrogens with zero attached hydrogens (tertiary/aromatic N) is 2. The van der Waals surface area contributed by atoms with Crippen LogP contribution in [-0.2, 0) is 0 Å². The van der Waals surface area contributed by atoms with Gasteiger partial charge in [-0.15, -0.1) is 0 Å². The fourth-order valence-corrected chi connectivity index (χ4v) is 2.25. The molecule has 1 aromatic rings. The van der Waals surface area contributed by atoms with Gasteiger partial charge in [0.2, 0.25) is 0 Å². The first-order valence-corrected chi connectivity index (χ1v) is 5.79. The van der Waals surface area contributed by atoms with E-state index in [1.165, 1.54) is 18.7 Å². The van der Waals surface area contributed by atoms with E-state index in [4.69, 9.17) is 0 Å². The quantitative estimate of drug-likeness (QED) is 0.727. The molecule has 1 atom stereocenters. The molecule has 2 rings (SSSR count). The number of hydrogen-bond donors (Lipinski definition) is 0. The van der Waals surface area contributed by atoms with E-state index < -0.39 is 0 Å². The number of rotatable bonds is 2. The van der Waals surface area contributed by atoms with Crippen LogP contribution in [0.25, 0.3) is 0 Å². The van der Waals surface area contributed by atoms with E-state index >= 15 is 0 Å². The van der Waals surface area contributed by atoms with Gasteiger partial charge in [0.05, 0.1) is 0 Å². The monoisotopic (exact) mass is 204 g/mol. The molecule has 0 aliphatic carbocycles. The van der Waals surface area contributed by atoms with Gasteiger partial charge in [0, 0.05) is 25.7 Å². The molecule has 1 aliphatic heterocycles. The molecule has 1 unspecified atom stereocenters. The van der Waals surface area contributed by atoms with Crippen molar-refractivity contribution in [3.8, 4) is 0 Å². The Kier molecular flexibility index (Phi) is 3.39. The Morgan fingerprint density at radius 2 is 1.93 bits per heavy atom. The van der Waals surface area contributed by atoms with Gasteiger partial charge in [-0.1, -0.05) is 37.3 Å². The molecule has 1 aromatic carbocycles. The van der Waals surface area contributed by atoms with E-state index in [1.807, 2.05) is 0 Å². The molecule has 0 saturated carbocycles. The summed E-state index contributed by atoms with van der Waals surface area (Å²) in [5.41, 5.74) is 1.44. The van der Waals surface area contributed by atoms with Crippen LogP contribution in [0.5, 0.6) is 0 Å². The Balaban J connectivity index is 2.13. The Bertz CT molecular complexity index is 297. The molecule has 0 N–H and O–H groups in total. The van der Waals surface area contributed by atoms with Crippen molar-refractivity contribution in [1.29, 1.82) is 0 Å². The second kappa shape index (κ2) is 4.77. The Hall–Kier alpha value is -0.860. The minimum absolute atomic E-state index is 0.569. The molecule has 0 radical (unpaired) electrons. The van der Waals surface area contributed by atoms with Crippen molar-refractivity contribution in [3.63, 3.8) is 0 Å². The second-order valence-corrected chi connectivity index (χ2v) is 4.30. The first kappa shape index (κ1) is 10.7. The van der Waals surface area contributed by atoms with Gasteiger partial charge >= 0.3 is 0 Å². The van der Waals surface area contributed by atoms with Crippen molar-refractivity contribution >= 4 is 0 Å². The van der Waals surface area contributed by atoms with Crippen molar-refractivity contribution in [3.05, 3.63) is 35.9 Å². The van der Waals surface area contributed by atoms with Gasteiger partial charge < -0.3 is 4.90 Å². The molecule has 0 bridgehead atoms. The summed E-state index contributed by atoms with van der Waals surface area (Å²) < 4.78 is 0. The lowest BCUT2D eigenvalue weighted by atomic mass is 10.0. The highest BCUT2D eigenvalue weighted by Gasteiger charge is 2.24. The summed E-state index contributed by atoms with van der Waals surface area (Å²) in [6.07, 6.45) is 0. The largest absolute Gasteiger partial charge is 0.300 e. The third-order valence-corrected chi connectivity index (χ3v) is 3.36.